The van der Waals surface area contributed by atoms with E-state index >= 15 is 0 Å². The Morgan fingerprint density at radius 3 is 2.60 bits per heavy atom. The van der Waals surface area contributed by atoms with Gasteiger partial charge in [-0.15, -0.1) is 0 Å². The van der Waals surface area contributed by atoms with Gasteiger partial charge in [-0.05, 0) is 39.3 Å². The Balaban J connectivity index is 2.93. The number of carbonyl (C=O) groups excluding carboxylic acids is 1. The first kappa shape index (κ1) is 16.0. The van der Waals surface area contributed by atoms with Crippen molar-refractivity contribution in [1.82, 2.24) is 4.90 Å². The van der Waals surface area contributed by atoms with Crippen LogP contribution >= 0.6 is 0 Å². The first-order chi connectivity index (χ1) is 9.28. The molecule has 5 heteroatoms. The van der Waals surface area contributed by atoms with Gasteiger partial charge in [0.25, 0.3) is 0 Å². The number of hydrogen-bond acceptors (Lipinski definition) is 3. The zero-order chi connectivity index (χ0) is 15.3. The van der Waals surface area contributed by atoms with Crippen LogP contribution < -0.4 is 0 Å². The minimum atomic E-state index is -0.593. The number of nitrogens with zero attached hydrogens (tertiary/aromatic N) is 2. The number of benzene rings is 1. The summed E-state index contributed by atoms with van der Waals surface area (Å²) < 4.78 is 18.8. The summed E-state index contributed by atoms with van der Waals surface area (Å²) in [6.45, 7) is 7.70. The molecule has 0 aliphatic carbocycles. The van der Waals surface area contributed by atoms with Crippen molar-refractivity contribution < 1.29 is 13.9 Å². The lowest BCUT2D eigenvalue weighted by atomic mass is 10.1. The molecule has 1 rings (SSSR count). The van der Waals surface area contributed by atoms with Gasteiger partial charge in [0.05, 0.1) is 12.1 Å². The molecule has 20 heavy (non-hydrogen) atoms. The number of carbonyl (C=O) groups is 1. The van der Waals surface area contributed by atoms with Gasteiger partial charge in [0.1, 0.15) is 17.5 Å². The van der Waals surface area contributed by atoms with Crippen molar-refractivity contribution in [3.05, 3.63) is 35.1 Å². The molecule has 0 bridgehead atoms. The van der Waals surface area contributed by atoms with E-state index in [0.29, 0.717) is 12.1 Å². The van der Waals surface area contributed by atoms with Crippen molar-refractivity contribution in [3.8, 4) is 6.07 Å². The highest BCUT2D eigenvalue weighted by Crippen LogP contribution is 2.17. The molecule has 0 radical (unpaired) electrons. The molecule has 4 nitrogen and oxygen atoms in total. The largest absolute Gasteiger partial charge is 0.444 e. The molecule has 0 fully saturated rings. The third kappa shape index (κ3) is 4.23. The molecule has 0 saturated heterocycles. The van der Waals surface area contributed by atoms with E-state index in [0.717, 1.165) is 0 Å². The number of halogens is 1. The van der Waals surface area contributed by atoms with Crippen molar-refractivity contribution in [2.45, 2.75) is 39.8 Å². The molecule has 1 amide bonds. The van der Waals surface area contributed by atoms with Gasteiger partial charge in [-0.2, -0.15) is 5.26 Å². The minimum absolute atomic E-state index is 0.0329. The lowest BCUT2D eigenvalue weighted by Gasteiger charge is -2.26. The van der Waals surface area contributed by atoms with Crippen LogP contribution in [0.25, 0.3) is 0 Å². The van der Waals surface area contributed by atoms with Gasteiger partial charge in [0, 0.05) is 6.54 Å². The fourth-order valence-electron chi connectivity index (χ4n) is 1.66. The Bertz CT molecular complexity index is 530. The maximum atomic E-state index is 13.5. The number of ether oxygens (including phenoxy) is 1. The third-order valence-corrected chi connectivity index (χ3v) is 2.61. The standard InChI is InChI=1S/C15H19FN2O2/c1-5-18(14(19)20-15(2,3)4)10-11-7-6-8-13(16)12(11)9-17/h6-8H,5,10H2,1-4H3. The molecule has 108 valence electrons. The smallest absolute Gasteiger partial charge is 0.410 e. The Morgan fingerprint density at radius 2 is 2.10 bits per heavy atom. The van der Waals surface area contributed by atoms with Gasteiger partial charge < -0.3 is 9.64 Å². The monoisotopic (exact) mass is 278 g/mol. The zero-order valence-electron chi connectivity index (χ0n) is 12.2. The number of hydrogen-bond donors (Lipinski definition) is 0. The fourth-order valence-corrected chi connectivity index (χ4v) is 1.66. The Labute approximate surface area is 118 Å². The van der Waals surface area contributed by atoms with Gasteiger partial charge in [0.2, 0.25) is 0 Å². The molecular weight excluding hydrogens is 259 g/mol. The molecule has 0 heterocycles. The van der Waals surface area contributed by atoms with Gasteiger partial charge in [-0.25, -0.2) is 9.18 Å². The van der Waals surface area contributed by atoms with Crippen molar-refractivity contribution in [1.29, 1.82) is 5.26 Å². The van der Waals surface area contributed by atoms with E-state index in [1.807, 2.05) is 6.07 Å². The molecular formula is C15H19FN2O2. The summed E-state index contributed by atoms with van der Waals surface area (Å²) >= 11 is 0. The van der Waals surface area contributed by atoms with Crippen LogP contribution in [0.4, 0.5) is 9.18 Å². The lowest BCUT2D eigenvalue weighted by molar-refractivity contribution is 0.0244. The summed E-state index contributed by atoms with van der Waals surface area (Å²) in [5.74, 6) is -0.578. The van der Waals surface area contributed by atoms with Gasteiger partial charge >= 0.3 is 6.09 Å². The summed E-state index contributed by atoms with van der Waals surface area (Å²) in [7, 11) is 0. The summed E-state index contributed by atoms with van der Waals surface area (Å²) in [6, 6.07) is 6.21. The molecule has 0 aliphatic heterocycles. The van der Waals surface area contributed by atoms with Gasteiger partial charge in [-0.3, -0.25) is 0 Å². The van der Waals surface area contributed by atoms with Crippen LogP contribution in [0, 0.1) is 17.1 Å². The first-order valence-corrected chi connectivity index (χ1v) is 6.44. The second kappa shape index (κ2) is 6.38. The van der Waals surface area contributed by atoms with Crippen LogP contribution in [0.1, 0.15) is 38.8 Å². The summed E-state index contributed by atoms with van der Waals surface area (Å²) in [6.07, 6.45) is -0.479. The fraction of sp³-hybridized carbons (Fsp3) is 0.467. The van der Waals surface area contributed by atoms with Crippen molar-refractivity contribution in [2.24, 2.45) is 0 Å². The highest BCUT2D eigenvalue weighted by molar-refractivity contribution is 5.68. The molecule has 0 spiro atoms. The predicted molar refractivity (Wildman–Crippen MR) is 73.4 cm³/mol. The van der Waals surface area contributed by atoms with E-state index in [2.05, 4.69) is 0 Å². The van der Waals surface area contributed by atoms with Gasteiger partial charge in [0.15, 0.2) is 0 Å². The van der Waals surface area contributed by atoms with E-state index in [9.17, 15) is 9.18 Å². The normalized spacial score (nSPS) is 10.8. The molecule has 0 aromatic heterocycles. The minimum Gasteiger partial charge on any atom is -0.444 e. The Morgan fingerprint density at radius 1 is 1.45 bits per heavy atom. The maximum Gasteiger partial charge on any atom is 0.410 e. The first-order valence-electron chi connectivity index (χ1n) is 6.44. The topological polar surface area (TPSA) is 53.3 Å². The van der Waals surface area contributed by atoms with Crippen LogP contribution in [0.5, 0.6) is 0 Å². The van der Waals surface area contributed by atoms with E-state index < -0.39 is 17.5 Å². The van der Waals surface area contributed by atoms with Crippen LogP contribution in [-0.4, -0.2) is 23.1 Å². The van der Waals surface area contributed by atoms with E-state index in [-0.39, 0.29) is 12.1 Å². The van der Waals surface area contributed by atoms with Crippen molar-refractivity contribution in [2.75, 3.05) is 6.54 Å². The number of amides is 1. The third-order valence-electron chi connectivity index (χ3n) is 2.61. The highest BCUT2D eigenvalue weighted by atomic mass is 19.1. The lowest BCUT2D eigenvalue weighted by Crippen LogP contribution is -2.36. The van der Waals surface area contributed by atoms with Crippen LogP contribution in [0.3, 0.4) is 0 Å². The van der Waals surface area contributed by atoms with E-state index in [1.54, 1.807) is 33.8 Å². The summed E-state index contributed by atoms with van der Waals surface area (Å²) in [5.41, 5.74) is -0.153. The molecule has 0 saturated carbocycles. The maximum absolute atomic E-state index is 13.5. The zero-order valence-corrected chi connectivity index (χ0v) is 12.2. The highest BCUT2D eigenvalue weighted by Gasteiger charge is 2.22. The molecule has 0 atom stereocenters. The Kier molecular flexibility index (Phi) is 5.09. The second-order valence-corrected chi connectivity index (χ2v) is 5.38. The Hall–Kier alpha value is -2.09. The molecule has 0 aliphatic rings. The van der Waals surface area contributed by atoms with Gasteiger partial charge in [-0.1, -0.05) is 12.1 Å². The quantitative estimate of drug-likeness (QED) is 0.850. The van der Waals surface area contributed by atoms with Crippen molar-refractivity contribution >= 4 is 6.09 Å². The predicted octanol–water partition coefficient (Wildman–Crippen LogP) is 3.45. The average Bonchev–Trinajstić information content (AvgIpc) is 2.33. The van der Waals surface area contributed by atoms with Crippen LogP contribution in [0.15, 0.2) is 18.2 Å². The number of nitriles is 1. The molecule has 0 unspecified atom stereocenters. The molecule has 1 aromatic rings. The van der Waals surface area contributed by atoms with E-state index in [1.165, 1.54) is 17.0 Å². The summed E-state index contributed by atoms with van der Waals surface area (Å²) in [4.78, 5) is 13.4. The van der Waals surface area contributed by atoms with Crippen LogP contribution in [-0.2, 0) is 11.3 Å². The molecule has 1 aromatic carbocycles. The van der Waals surface area contributed by atoms with Crippen molar-refractivity contribution in [3.63, 3.8) is 0 Å². The van der Waals surface area contributed by atoms with Crippen LogP contribution in [0.2, 0.25) is 0 Å². The SMILES string of the molecule is CCN(Cc1cccc(F)c1C#N)C(=O)OC(C)(C)C. The molecule has 0 N–H and O–H groups in total. The second-order valence-electron chi connectivity index (χ2n) is 5.38. The average molecular weight is 278 g/mol. The number of rotatable bonds is 3. The summed E-state index contributed by atoms with van der Waals surface area (Å²) in [5, 5.41) is 8.99. The van der Waals surface area contributed by atoms with E-state index in [4.69, 9.17) is 10.00 Å².